The highest BCUT2D eigenvalue weighted by atomic mass is 16.5. The number of hydrogen-bond acceptors (Lipinski definition) is 5. The number of nitrogens with zero attached hydrogens (tertiary/aromatic N) is 2. The van der Waals surface area contributed by atoms with Crippen LogP contribution in [0.2, 0.25) is 0 Å². The van der Waals surface area contributed by atoms with Crippen molar-refractivity contribution in [3.8, 4) is 0 Å². The monoisotopic (exact) mass is 288 g/mol. The number of anilines is 1. The predicted molar refractivity (Wildman–Crippen MR) is 82.7 cm³/mol. The molecule has 0 amide bonds. The number of fused-ring (bicyclic) bond motifs is 1. The van der Waals surface area contributed by atoms with E-state index in [1.807, 2.05) is 30.9 Å². The van der Waals surface area contributed by atoms with E-state index in [0.717, 1.165) is 24.2 Å². The second kappa shape index (κ2) is 5.46. The quantitative estimate of drug-likeness (QED) is 0.864. The third kappa shape index (κ3) is 2.64. The Kier molecular flexibility index (Phi) is 3.65. The van der Waals surface area contributed by atoms with Gasteiger partial charge in [-0.3, -0.25) is 9.78 Å². The SMILES string of the molecule is Cc1cc([C@@H](C)N)c2nc(N3CCOCC3)[nH]c(=O)c2c1. The van der Waals surface area contributed by atoms with E-state index in [9.17, 15) is 4.79 Å². The molecule has 6 heteroatoms. The van der Waals surface area contributed by atoms with Crippen molar-refractivity contribution in [1.82, 2.24) is 9.97 Å². The van der Waals surface area contributed by atoms with Crippen LogP contribution < -0.4 is 16.2 Å². The molecule has 3 rings (SSSR count). The Morgan fingerprint density at radius 1 is 1.38 bits per heavy atom. The molecule has 0 spiro atoms. The molecule has 112 valence electrons. The van der Waals surface area contributed by atoms with Crippen molar-refractivity contribution >= 4 is 16.9 Å². The molecule has 1 aromatic carbocycles. The van der Waals surface area contributed by atoms with Crippen LogP contribution in [0.1, 0.15) is 24.1 Å². The lowest BCUT2D eigenvalue weighted by Gasteiger charge is -2.27. The minimum atomic E-state index is -0.167. The summed E-state index contributed by atoms with van der Waals surface area (Å²) in [7, 11) is 0. The molecule has 1 aliphatic heterocycles. The summed E-state index contributed by atoms with van der Waals surface area (Å²) < 4.78 is 5.34. The van der Waals surface area contributed by atoms with Crippen LogP contribution in [0.5, 0.6) is 0 Å². The van der Waals surface area contributed by atoms with Crippen LogP contribution in [0.4, 0.5) is 5.95 Å². The van der Waals surface area contributed by atoms with E-state index in [0.29, 0.717) is 30.1 Å². The van der Waals surface area contributed by atoms with Crippen LogP contribution in [-0.2, 0) is 4.74 Å². The lowest BCUT2D eigenvalue weighted by Crippen LogP contribution is -2.38. The maximum atomic E-state index is 12.4. The molecule has 2 heterocycles. The Morgan fingerprint density at radius 3 is 2.76 bits per heavy atom. The van der Waals surface area contributed by atoms with Crippen LogP contribution in [0, 0.1) is 6.92 Å². The maximum absolute atomic E-state index is 12.4. The first kappa shape index (κ1) is 14.0. The fraction of sp³-hybridized carbons (Fsp3) is 0.467. The summed E-state index contributed by atoms with van der Waals surface area (Å²) in [6.45, 7) is 6.62. The van der Waals surface area contributed by atoms with Gasteiger partial charge in [-0.2, -0.15) is 0 Å². The van der Waals surface area contributed by atoms with Crippen LogP contribution in [-0.4, -0.2) is 36.3 Å². The normalized spacial score (nSPS) is 17.2. The van der Waals surface area contributed by atoms with Crippen LogP contribution in [0.25, 0.3) is 10.9 Å². The van der Waals surface area contributed by atoms with Gasteiger partial charge in [-0.15, -0.1) is 0 Å². The molecule has 2 aromatic rings. The fourth-order valence-electron chi connectivity index (χ4n) is 2.68. The predicted octanol–water partition coefficient (Wildman–Crippen LogP) is 1.09. The molecule has 0 saturated carbocycles. The first-order chi connectivity index (χ1) is 10.1. The molecule has 1 fully saturated rings. The fourth-order valence-corrected chi connectivity index (χ4v) is 2.68. The summed E-state index contributed by atoms with van der Waals surface area (Å²) >= 11 is 0. The molecule has 1 aromatic heterocycles. The van der Waals surface area contributed by atoms with E-state index < -0.39 is 0 Å². The minimum Gasteiger partial charge on any atom is -0.378 e. The van der Waals surface area contributed by atoms with Crippen molar-refractivity contribution in [2.75, 3.05) is 31.2 Å². The topological polar surface area (TPSA) is 84.2 Å². The van der Waals surface area contributed by atoms with Crippen molar-refractivity contribution in [2.24, 2.45) is 5.73 Å². The zero-order valence-electron chi connectivity index (χ0n) is 12.3. The van der Waals surface area contributed by atoms with Crippen LogP contribution >= 0.6 is 0 Å². The molecular formula is C15H20N4O2. The van der Waals surface area contributed by atoms with Gasteiger partial charge in [0, 0.05) is 19.1 Å². The van der Waals surface area contributed by atoms with E-state index in [1.54, 1.807) is 0 Å². The number of nitrogens with two attached hydrogens (primary N) is 1. The number of aromatic nitrogens is 2. The minimum absolute atomic E-state index is 0.118. The average molecular weight is 288 g/mol. The van der Waals surface area contributed by atoms with Crippen molar-refractivity contribution in [3.05, 3.63) is 33.6 Å². The van der Waals surface area contributed by atoms with Crippen molar-refractivity contribution < 1.29 is 4.74 Å². The number of morpholine rings is 1. The first-order valence-electron chi connectivity index (χ1n) is 7.19. The summed E-state index contributed by atoms with van der Waals surface area (Å²) in [5.74, 6) is 0.599. The van der Waals surface area contributed by atoms with E-state index in [2.05, 4.69) is 9.97 Å². The molecule has 1 saturated heterocycles. The number of nitrogens with one attached hydrogen (secondary N) is 1. The lowest BCUT2D eigenvalue weighted by molar-refractivity contribution is 0.122. The lowest BCUT2D eigenvalue weighted by atomic mass is 10.0. The van der Waals surface area contributed by atoms with Gasteiger partial charge in [0.05, 0.1) is 24.1 Å². The molecular weight excluding hydrogens is 268 g/mol. The summed E-state index contributed by atoms with van der Waals surface area (Å²) in [6.07, 6.45) is 0. The van der Waals surface area contributed by atoms with Crippen molar-refractivity contribution in [2.45, 2.75) is 19.9 Å². The maximum Gasteiger partial charge on any atom is 0.260 e. The first-order valence-corrected chi connectivity index (χ1v) is 7.19. The van der Waals surface area contributed by atoms with E-state index in [4.69, 9.17) is 10.5 Å². The largest absolute Gasteiger partial charge is 0.378 e. The standard InChI is InChI=1S/C15H20N4O2/c1-9-7-11(10(2)16)13-12(8-9)14(20)18-15(17-13)19-3-5-21-6-4-19/h7-8,10H,3-6,16H2,1-2H3,(H,17,18,20)/t10-/m1/s1. The second-order valence-electron chi connectivity index (χ2n) is 5.53. The average Bonchev–Trinajstić information content (AvgIpc) is 2.48. The Hall–Kier alpha value is -1.92. The Bertz CT molecular complexity index is 717. The third-order valence-electron chi connectivity index (χ3n) is 3.77. The Labute approximate surface area is 122 Å². The summed E-state index contributed by atoms with van der Waals surface area (Å²) in [4.78, 5) is 21.9. The number of aromatic amines is 1. The Morgan fingerprint density at radius 2 is 2.10 bits per heavy atom. The van der Waals surface area contributed by atoms with Gasteiger partial charge in [-0.1, -0.05) is 6.07 Å². The van der Waals surface area contributed by atoms with Gasteiger partial charge in [-0.25, -0.2) is 4.98 Å². The summed E-state index contributed by atoms with van der Waals surface area (Å²) in [6, 6.07) is 3.69. The molecule has 1 atom stereocenters. The number of hydrogen-bond donors (Lipinski definition) is 2. The molecule has 0 unspecified atom stereocenters. The van der Waals surface area contributed by atoms with Gasteiger partial charge in [0.2, 0.25) is 5.95 Å². The van der Waals surface area contributed by atoms with Gasteiger partial charge in [-0.05, 0) is 31.0 Å². The summed E-state index contributed by atoms with van der Waals surface area (Å²) in [5, 5.41) is 0.597. The van der Waals surface area contributed by atoms with Gasteiger partial charge in [0.1, 0.15) is 0 Å². The second-order valence-corrected chi connectivity index (χ2v) is 5.53. The highest BCUT2D eigenvalue weighted by Gasteiger charge is 2.17. The van der Waals surface area contributed by atoms with E-state index in [1.165, 1.54) is 0 Å². The highest BCUT2D eigenvalue weighted by Crippen LogP contribution is 2.23. The van der Waals surface area contributed by atoms with E-state index in [-0.39, 0.29) is 11.6 Å². The van der Waals surface area contributed by atoms with Crippen molar-refractivity contribution in [1.29, 1.82) is 0 Å². The van der Waals surface area contributed by atoms with Crippen LogP contribution in [0.15, 0.2) is 16.9 Å². The van der Waals surface area contributed by atoms with Gasteiger partial charge < -0.3 is 15.4 Å². The summed E-state index contributed by atoms with van der Waals surface area (Å²) in [5.41, 5.74) is 8.54. The van der Waals surface area contributed by atoms with Crippen LogP contribution in [0.3, 0.4) is 0 Å². The van der Waals surface area contributed by atoms with Crippen molar-refractivity contribution in [3.63, 3.8) is 0 Å². The number of ether oxygens (including phenoxy) is 1. The smallest absolute Gasteiger partial charge is 0.260 e. The van der Waals surface area contributed by atoms with Gasteiger partial charge in [0.25, 0.3) is 5.56 Å². The number of rotatable bonds is 2. The molecule has 0 aliphatic carbocycles. The zero-order valence-corrected chi connectivity index (χ0v) is 12.3. The molecule has 0 bridgehead atoms. The molecule has 0 radical (unpaired) electrons. The van der Waals surface area contributed by atoms with Gasteiger partial charge in [0.15, 0.2) is 0 Å². The zero-order chi connectivity index (χ0) is 15.0. The highest BCUT2D eigenvalue weighted by molar-refractivity contribution is 5.83. The Balaban J connectivity index is 2.19. The van der Waals surface area contributed by atoms with Gasteiger partial charge >= 0.3 is 0 Å². The number of H-pyrrole nitrogens is 1. The molecule has 3 N–H and O–H groups in total. The molecule has 21 heavy (non-hydrogen) atoms. The number of benzene rings is 1. The van der Waals surface area contributed by atoms with E-state index >= 15 is 0 Å². The molecule has 1 aliphatic rings. The molecule has 6 nitrogen and oxygen atoms in total. The third-order valence-corrected chi connectivity index (χ3v) is 3.77. The number of aryl methyl sites for hydroxylation is 1.